The summed E-state index contributed by atoms with van der Waals surface area (Å²) in [6.07, 6.45) is 2.41. The van der Waals surface area contributed by atoms with E-state index in [0.29, 0.717) is 6.61 Å². The Balaban J connectivity index is 1.63. The summed E-state index contributed by atoms with van der Waals surface area (Å²) in [4.78, 5) is 0. The summed E-state index contributed by atoms with van der Waals surface area (Å²) in [5, 5.41) is 8.77. The van der Waals surface area contributed by atoms with Crippen molar-refractivity contribution in [3.8, 4) is 0 Å². The van der Waals surface area contributed by atoms with E-state index in [1.165, 1.54) is 0 Å². The zero-order chi connectivity index (χ0) is 10.2. The van der Waals surface area contributed by atoms with Gasteiger partial charge in [0.15, 0.2) is 5.79 Å². The lowest BCUT2D eigenvalue weighted by Gasteiger charge is -2.16. The van der Waals surface area contributed by atoms with Gasteiger partial charge in [0, 0.05) is 0 Å². The van der Waals surface area contributed by atoms with Crippen molar-refractivity contribution in [2.24, 2.45) is 0 Å². The van der Waals surface area contributed by atoms with Crippen LogP contribution in [-0.4, -0.2) is 42.4 Å². The first-order valence-corrected chi connectivity index (χ1v) is 5.19. The van der Waals surface area contributed by atoms with Crippen LogP contribution < -0.4 is 0 Å². The molecule has 14 heavy (non-hydrogen) atoms. The van der Waals surface area contributed by atoms with Crippen molar-refractivity contribution >= 4 is 0 Å². The maximum Gasteiger partial charge on any atom is 0.163 e. The molecule has 0 aromatic carbocycles. The number of hydrogen-bond acceptors (Lipinski definition) is 4. The maximum atomic E-state index is 8.77. The molecular formula is C10H18O4. The number of rotatable bonds is 4. The second-order valence-corrected chi connectivity index (χ2v) is 4.42. The number of epoxide rings is 1. The molecule has 2 heterocycles. The van der Waals surface area contributed by atoms with Crippen molar-refractivity contribution in [1.29, 1.82) is 0 Å². The second-order valence-electron chi connectivity index (χ2n) is 4.42. The Morgan fingerprint density at radius 3 is 2.57 bits per heavy atom. The van der Waals surface area contributed by atoms with Gasteiger partial charge in [0.25, 0.3) is 0 Å². The number of aliphatic hydroxyl groups is 1. The summed E-state index contributed by atoms with van der Waals surface area (Å²) in [6, 6.07) is 0. The van der Waals surface area contributed by atoms with Crippen LogP contribution in [0.5, 0.6) is 0 Å². The van der Waals surface area contributed by atoms with Crippen molar-refractivity contribution in [2.45, 2.75) is 50.8 Å². The SMILES string of the molecule is CC1(C)OC[C@H](CC[C@@H]2O[C@H]2CO)O1. The zero-order valence-corrected chi connectivity index (χ0v) is 8.73. The van der Waals surface area contributed by atoms with Gasteiger partial charge in [-0.1, -0.05) is 0 Å². The van der Waals surface area contributed by atoms with Gasteiger partial charge in [0.2, 0.25) is 0 Å². The molecule has 0 spiro atoms. The predicted molar refractivity (Wildman–Crippen MR) is 49.9 cm³/mol. The number of hydrogen-bond donors (Lipinski definition) is 1. The fourth-order valence-corrected chi connectivity index (χ4v) is 1.85. The van der Waals surface area contributed by atoms with Crippen LogP contribution in [0.2, 0.25) is 0 Å². The van der Waals surface area contributed by atoms with E-state index >= 15 is 0 Å². The number of ether oxygens (including phenoxy) is 3. The van der Waals surface area contributed by atoms with Gasteiger partial charge in [0.1, 0.15) is 6.10 Å². The average molecular weight is 202 g/mol. The minimum atomic E-state index is -0.425. The Labute approximate surface area is 84.1 Å². The Bertz CT molecular complexity index is 204. The van der Waals surface area contributed by atoms with E-state index in [1.807, 2.05) is 13.8 Å². The van der Waals surface area contributed by atoms with Gasteiger partial charge in [-0.05, 0) is 26.7 Å². The Hall–Kier alpha value is -0.160. The van der Waals surface area contributed by atoms with Crippen LogP contribution in [0.3, 0.4) is 0 Å². The molecule has 2 fully saturated rings. The molecule has 4 nitrogen and oxygen atoms in total. The van der Waals surface area contributed by atoms with Gasteiger partial charge >= 0.3 is 0 Å². The molecule has 2 aliphatic rings. The van der Waals surface area contributed by atoms with E-state index in [-0.39, 0.29) is 24.9 Å². The van der Waals surface area contributed by atoms with Crippen molar-refractivity contribution in [3.63, 3.8) is 0 Å². The van der Waals surface area contributed by atoms with E-state index in [0.717, 1.165) is 12.8 Å². The molecule has 0 bridgehead atoms. The first kappa shape index (κ1) is 10.4. The van der Waals surface area contributed by atoms with Crippen LogP contribution in [0.25, 0.3) is 0 Å². The van der Waals surface area contributed by atoms with Crippen LogP contribution in [0.4, 0.5) is 0 Å². The summed E-state index contributed by atoms with van der Waals surface area (Å²) in [6.45, 7) is 4.66. The minimum absolute atomic E-state index is 0.0744. The average Bonchev–Trinajstić information content (AvgIpc) is 2.81. The molecule has 2 rings (SSSR count). The lowest BCUT2D eigenvalue weighted by molar-refractivity contribution is -0.139. The van der Waals surface area contributed by atoms with Crippen molar-refractivity contribution in [3.05, 3.63) is 0 Å². The van der Waals surface area contributed by atoms with Gasteiger partial charge in [0.05, 0.1) is 25.4 Å². The van der Waals surface area contributed by atoms with Crippen LogP contribution in [-0.2, 0) is 14.2 Å². The first-order valence-electron chi connectivity index (χ1n) is 5.19. The highest BCUT2D eigenvalue weighted by atomic mass is 16.7. The van der Waals surface area contributed by atoms with Crippen LogP contribution in [0.1, 0.15) is 26.7 Å². The molecule has 0 aromatic heterocycles. The standard InChI is InChI=1S/C10H18O4/c1-10(2)12-6-7(14-10)3-4-8-9(5-11)13-8/h7-9,11H,3-6H2,1-2H3/t7-,8-,9-/m0/s1. The zero-order valence-electron chi connectivity index (χ0n) is 8.73. The molecule has 2 aliphatic heterocycles. The molecule has 0 aromatic rings. The van der Waals surface area contributed by atoms with Gasteiger partial charge in [-0.25, -0.2) is 0 Å². The fraction of sp³-hybridized carbons (Fsp3) is 1.00. The highest BCUT2D eigenvalue weighted by Gasteiger charge is 2.39. The third kappa shape index (κ3) is 2.45. The predicted octanol–water partition coefficient (Wildman–Crippen LogP) is 0.678. The van der Waals surface area contributed by atoms with Crippen molar-refractivity contribution in [1.82, 2.24) is 0 Å². The summed E-state index contributed by atoms with van der Waals surface area (Å²) in [7, 11) is 0. The third-order valence-corrected chi connectivity index (χ3v) is 2.71. The minimum Gasteiger partial charge on any atom is -0.394 e. The lowest BCUT2D eigenvalue weighted by Crippen LogP contribution is -2.21. The molecule has 0 saturated carbocycles. The molecule has 2 saturated heterocycles. The molecule has 1 N–H and O–H groups in total. The summed E-state index contributed by atoms with van der Waals surface area (Å²) in [5.74, 6) is -0.425. The molecule has 0 amide bonds. The van der Waals surface area contributed by atoms with Crippen LogP contribution in [0, 0.1) is 0 Å². The van der Waals surface area contributed by atoms with Gasteiger partial charge in [-0.2, -0.15) is 0 Å². The van der Waals surface area contributed by atoms with E-state index in [2.05, 4.69) is 0 Å². The monoisotopic (exact) mass is 202 g/mol. The Morgan fingerprint density at radius 2 is 2.07 bits per heavy atom. The van der Waals surface area contributed by atoms with Gasteiger partial charge < -0.3 is 19.3 Å². The maximum absolute atomic E-state index is 8.77. The lowest BCUT2D eigenvalue weighted by atomic mass is 10.1. The molecule has 3 atom stereocenters. The quantitative estimate of drug-likeness (QED) is 0.681. The van der Waals surface area contributed by atoms with Crippen LogP contribution in [0.15, 0.2) is 0 Å². The molecule has 0 aliphatic carbocycles. The van der Waals surface area contributed by atoms with E-state index in [4.69, 9.17) is 19.3 Å². The topological polar surface area (TPSA) is 51.2 Å². The number of aliphatic hydroxyl groups excluding tert-OH is 1. The van der Waals surface area contributed by atoms with E-state index in [1.54, 1.807) is 0 Å². The van der Waals surface area contributed by atoms with E-state index in [9.17, 15) is 0 Å². The van der Waals surface area contributed by atoms with Crippen molar-refractivity contribution < 1.29 is 19.3 Å². The normalized spacial score (nSPS) is 40.1. The fourth-order valence-electron chi connectivity index (χ4n) is 1.85. The van der Waals surface area contributed by atoms with Crippen molar-refractivity contribution in [2.75, 3.05) is 13.2 Å². The molecular weight excluding hydrogens is 184 g/mol. The summed E-state index contributed by atoms with van der Waals surface area (Å²) < 4.78 is 16.3. The highest BCUT2D eigenvalue weighted by molar-refractivity contribution is 4.85. The summed E-state index contributed by atoms with van der Waals surface area (Å²) in [5.41, 5.74) is 0. The van der Waals surface area contributed by atoms with Crippen LogP contribution >= 0.6 is 0 Å². The van der Waals surface area contributed by atoms with Gasteiger partial charge in [-0.3, -0.25) is 0 Å². The Kier molecular flexibility index (Phi) is 2.79. The smallest absolute Gasteiger partial charge is 0.163 e. The third-order valence-electron chi connectivity index (χ3n) is 2.71. The first-order chi connectivity index (χ1) is 6.61. The Morgan fingerprint density at radius 1 is 1.29 bits per heavy atom. The molecule has 82 valence electrons. The second kappa shape index (κ2) is 3.77. The molecule has 0 unspecified atom stereocenters. The molecule has 4 heteroatoms. The largest absolute Gasteiger partial charge is 0.394 e. The highest BCUT2D eigenvalue weighted by Crippen LogP contribution is 2.30. The molecule has 0 radical (unpaired) electrons. The summed E-state index contributed by atoms with van der Waals surface area (Å²) >= 11 is 0. The van der Waals surface area contributed by atoms with E-state index < -0.39 is 5.79 Å². The van der Waals surface area contributed by atoms with Gasteiger partial charge in [-0.15, -0.1) is 0 Å².